The molecule has 0 saturated carbocycles. The summed E-state index contributed by atoms with van der Waals surface area (Å²) in [6.45, 7) is 9.48. The molecule has 0 atom stereocenters. The standard InChI is InChI=1S/C11H21N5/c1-8-9(13-6-5-11(2,3)4)14-7-15-10(8)16-12/h7H,5-6,12H2,1-4H3,(H2,13,14,15,16). The van der Waals surface area contributed by atoms with Crippen LogP contribution in [0.3, 0.4) is 0 Å². The summed E-state index contributed by atoms with van der Waals surface area (Å²) in [5, 5.41) is 3.30. The van der Waals surface area contributed by atoms with Crippen LogP contribution in [0.15, 0.2) is 6.33 Å². The second-order valence-electron chi connectivity index (χ2n) is 5.08. The molecule has 4 N–H and O–H groups in total. The van der Waals surface area contributed by atoms with Crippen molar-refractivity contribution in [3.8, 4) is 0 Å². The van der Waals surface area contributed by atoms with Gasteiger partial charge in [-0.2, -0.15) is 0 Å². The highest BCUT2D eigenvalue weighted by Gasteiger charge is 2.10. The van der Waals surface area contributed by atoms with E-state index < -0.39 is 0 Å². The van der Waals surface area contributed by atoms with Crippen molar-refractivity contribution in [3.05, 3.63) is 11.9 Å². The van der Waals surface area contributed by atoms with Crippen molar-refractivity contribution in [3.63, 3.8) is 0 Å². The molecule has 0 aliphatic rings. The Morgan fingerprint density at radius 3 is 2.44 bits per heavy atom. The molecule has 90 valence electrons. The molecule has 1 aromatic rings. The Morgan fingerprint density at radius 2 is 1.88 bits per heavy atom. The number of aromatic nitrogens is 2. The molecule has 0 aliphatic heterocycles. The second kappa shape index (κ2) is 5.12. The molecular weight excluding hydrogens is 202 g/mol. The highest BCUT2D eigenvalue weighted by Crippen LogP contribution is 2.20. The molecule has 0 aliphatic carbocycles. The molecule has 0 bridgehead atoms. The van der Waals surface area contributed by atoms with Crippen LogP contribution >= 0.6 is 0 Å². The number of hydrogen-bond donors (Lipinski definition) is 3. The number of anilines is 2. The fourth-order valence-corrected chi connectivity index (χ4v) is 1.33. The number of hydrogen-bond acceptors (Lipinski definition) is 5. The maximum atomic E-state index is 5.35. The van der Waals surface area contributed by atoms with Gasteiger partial charge in [0.1, 0.15) is 18.0 Å². The fourth-order valence-electron chi connectivity index (χ4n) is 1.33. The predicted molar refractivity (Wildman–Crippen MR) is 67.1 cm³/mol. The number of nitrogens with one attached hydrogen (secondary N) is 2. The molecule has 1 heterocycles. The summed E-state index contributed by atoms with van der Waals surface area (Å²) in [6, 6.07) is 0. The van der Waals surface area contributed by atoms with E-state index in [1.165, 1.54) is 6.33 Å². The average molecular weight is 223 g/mol. The van der Waals surface area contributed by atoms with Gasteiger partial charge >= 0.3 is 0 Å². The van der Waals surface area contributed by atoms with Gasteiger partial charge in [0, 0.05) is 12.1 Å². The van der Waals surface area contributed by atoms with Crippen LogP contribution in [0, 0.1) is 12.3 Å². The van der Waals surface area contributed by atoms with E-state index in [9.17, 15) is 0 Å². The molecule has 0 amide bonds. The summed E-state index contributed by atoms with van der Waals surface area (Å²) in [6.07, 6.45) is 2.59. The Balaban J connectivity index is 2.61. The lowest BCUT2D eigenvalue weighted by molar-refractivity contribution is 0.389. The summed E-state index contributed by atoms with van der Waals surface area (Å²) in [4.78, 5) is 8.22. The van der Waals surface area contributed by atoms with Crippen LogP contribution in [0.1, 0.15) is 32.8 Å². The molecule has 0 aromatic carbocycles. The first kappa shape index (κ1) is 12.7. The van der Waals surface area contributed by atoms with Crippen molar-refractivity contribution >= 4 is 11.6 Å². The minimum Gasteiger partial charge on any atom is -0.370 e. The summed E-state index contributed by atoms with van der Waals surface area (Å²) in [5.74, 6) is 6.85. The Kier molecular flexibility index (Phi) is 4.06. The van der Waals surface area contributed by atoms with Crippen LogP contribution in [0.25, 0.3) is 0 Å². The summed E-state index contributed by atoms with van der Waals surface area (Å²) in [5.41, 5.74) is 3.82. The largest absolute Gasteiger partial charge is 0.370 e. The van der Waals surface area contributed by atoms with Crippen LogP contribution < -0.4 is 16.6 Å². The van der Waals surface area contributed by atoms with Crippen molar-refractivity contribution in [1.82, 2.24) is 9.97 Å². The van der Waals surface area contributed by atoms with Gasteiger partial charge in [-0.15, -0.1) is 0 Å². The van der Waals surface area contributed by atoms with E-state index in [0.717, 1.165) is 24.3 Å². The Hall–Kier alpha value is -1.36. The van der Waals surface area contributed by atoms with Gasteiger partial charge < -0.3 is 10.7 Å². The fraction of sp³-hybridized carbons (Fsp3) is 0.636. The third-order valence-electron chi connectivity index (χ3n) is 2.39. The van der Waals surface area contributed by atoms with E-state index in [1.807, 2.05) is 6.92 Å². The smallest absolute Gasteiger partial charge is 0.148 e. The van der Waals surface area contributed by atoms with Crippen molar-refractivity contribution < 1.29 is 0 Å². The van der Waals surface area contributed by atoms with Gasteiger partial charge in [0.25, 0.3) is 0 Å². The summed E-state index contributed by atoms with van der Waals surface area (Å²) in [7, 11) is 0. The van der Waals surface area contributed by atoms with Gasteiger partial charge in [-0.1, -0.05) is 20.8 Å². The number of nitrogens with zero attached hydrogens (tertiary/aromatic N) is 2. The van der Waals surface area contributed by atoms with Crippen molar-refractivity contribution in [1.29, 1.82) is 0 Å². The van der Waals surface area contributed by atoms with Crippen LogP contribution in [0.5, 0.6) is 0 Å². The lowest BCUT2D eigenvalue weighted by Gasteiger charge is -2.19. The lowest BCUT2D eigenvalue weighted by Crippen LogP contribution is -2.16. The quantitative estimate of drug-likeness (QED) is 0.537. The molecule has 16 heavy (non-hydrogen) atoms. The van der Waals surface area contributed by atoms with Crippen molar-refractivity contribution in [2.24, 2.45) is 11.3 Å². The van der Waals surface area contributed by atoms with E-state index >= 15 is 0 Å². The van der Waals surface area contributed by atoms with E-state index in [-0.39, 0.29) is 0 Å². The lowest BCUT2D eigenvalue weighted by atomic mass is 9.92. The molecule has 0 spiro atoms. The zero-order valence-corrected chi connectivity index (χ0v) is 10.5. The third-order valence-corrected chi connectivity index (χ3v) is 2.39. The monoisotopic (exact) mass is 223 g/mol. The molecular formula is C11H21N5. The molecule has 1 rings (SSSR count). The van der Waals surface area contributed by atoms with Crippen molar-refractivity contribution in [2.45, 2.75) is 34.1 Å². The second-order valence-corrected chi connectivity index (χ2v) is 5.08. The summed E-state index contributed by atoms with van der Waals surface area (Å²) >= 11 is 0. The first-order chi connectivity index (χ1) is 7.44. The molecule has 0 fully saturated rings. The molecule has 5 nitrogen and oxygen atoms in total. The van der Waals surface area contributed by atoms with Crippen LogP contribution in [-0.2, 0) is 0 Å². The average Bonchev–Trinajstić information content (AvgIpc) is 2.19. The Bertz CT molecular complexity index is 343. The van der Waals surface area contributed by atoms with Crippen LogP contribution in [0.4, 0.5) is 11.6 Å². The van der Waals surface area contributed by atoms with Gasteiger partial charge in [0.15, 0.2) is 0 Å². The van der Waals surface area contributed by atoms with Gasteiger partial charge in [-0.25, -0.2) is 15.8 Å². The SMILES string of the molecule is Cc1c(NN)ncnc1NCCC(C)(C)C. The van der Waals surface area contributed by atoms with Crippen LogP contribution in [0.2, 0.25) is 0 Å². The molecule has 0 unspecified atom stereocenters. The molecule has 0 saturated heterocycles. The Morgan fingerprint density at radius 1 is 1.25 bits per heavy atom. The predicted octanol–water partition coefficient (Wildman–Crippen LogP) is 1.92. The maximum absolute atomic E-state index is 5.35. The first-order valence-electron chi connectivity index (χ1n) is 5.46. The highest BCUT2D eigenvalue weighted by molar-refractivity contribution is 5.55. The molecule has 5 heteroatoms. The third kappa shape index (κ3) is 3.66. The maximum Gasteiger partial charge on any atom is 0.148 e. The van der Waals surface area contributed by atoms with E-state index in [0.29, 0.717) is 11.2 Å². The highest BCUT2D eigenvalue weighted by atomic mass is 15.3. The van der Waals surface area contributed by atoms with E-state index in [2.05, 4.69) is 41.5 Å². The number of nitrogens with two attached hydrogens (primary N) is 1. The topological polar surface area (TPSA) is 75.9 Å². The summed E-state index contributed by atoms with van der Waals surface area (Å²) < 4.78 is 0. The minimum absolute atomic E-state index is 0.322. The molecule has 1 aromatic heterocycles. The number of hydrazine groups is 1. The van der Waals surface area contributed by atoms with E-state index in [1.54, 1.807) is 0 Å². The number of rotatable bonds is 4. The normalized spacial score (nSPS) is 11.3. The van der Waals surface area contributed by atoms with Gasteiger partial charge in [-0.3, -0.25) is 0 Å². The minimum atomic E-state index is 0.322. The molecule has 0 radical (unpaired) electrons. The van der Waals surface area contributed by atoms with E-state index in [4.69, 9.17) is 5.84 Å². The zero-order chi connectivity index (χ0) is 12.2. The van der Waals surface area contributed by atoms with Crippen molar-refractivity contribution in [2.75, 3.05) is 17.3 Å². The first-order valence-corrected chi connectivity index (χ1v) is 5.46. The van der Waals surface area contributed by atoms with Gasteiger partial charge in [0.2, 0.25) is 0 Å². The Labute approximate surface area is 96.8 Å². The number of nitrogen functional groups attached to an aromatic ring is 1. The van der Waals surface area contributed by atoms with Crippen LogP contribution in [-0.4, -0.2) is 16.5 Å². The van der Waals surface area contributed by atoms with Gasteiger partial charge in [-0.05, 0) is 18.8 Å². The van der Waals surface area contributed by atoms with Gasteiger partial charge in [0.05, 0.1) is 0 Å². The zero-order valence-electron chi connectivity index (χ0n) is 10.5.